The van der Waals surface area contributed by atoms with Crippen LogP contribution in [0.5, 0.6) is 5.75 Å². The van der Waals surface area contributed by atoms with Gasteiger partial charge in [-0.2, -0.15) is 4.39 Å². The number of hydrogen-bond acceptors (Lipinski definition) is 3. The predicted octanol–water partition coefficient (Wildman–Crippen LogP) is 2.54. The van der Waals surface area contributed by atoms with Gasteiger partial charge < -0.3 is 10.1 Å². The van der Waals surface area contributed by atoms with Crippen molar-refractivity contribution < 1.29 is 9.13 Å². The predicted molar refractivity (Wildman–Crippen MR) is 69.2 cm³/mol. The van der Waals surface area contributed by atoms with Crippen molar-refractivity contribution in [3.05, 3.63) is 23.8 Å². The summed E-state index contributed by atoms with van der Waals surface area (Å²) in [7, 11) is 1.97. The molecular weight excluding hydrogens is 231 g/mol. The van der Waals surface area contributed by atoms with E-state index < -0.39 is 5.95 Å². The molecule has 0 unspecified atom stereocenters. The average Bonchev–Trinajstić information content (AvgIpc) is 2.26. The Morgan fingerprint density at radius 2 is 2.22 bits per heavy atom. The van der Waals surface area contributed by atoms with E-state index in [-0.39, 0.29) is 5.41 Å². The molecule has 0 aromatic carbocycles. The smallest absolute Gasteiger partial charge is 0.213 e. The highest BCUT2D eigenvalue weighted by Gasteiger charge is 2.42. The van der Waals surface area contributed by atoms with Gasteiger partial charge in [0.25, 0.3) is 0 Å². The molecule has 0 spiro atoms. The minimum atomic E-state index is -0.456. The number of nitrogens with zero attached hydrogens (tertiary/aromatic N) is 1. The van der Waals surface area contributed by atoms with E-state index in [1.165, 1.54) is 18.9 Å². The third-order valence-corrected chi connectivity index (χ3v) is 3.65. The SMILES string of the molecule is CNCC1(COc2ccc(F)nc2C)CC(C)C1. The van der Waals surface area contributed by atoms with Gasteiger partial charge in [-0.15, -0.1) is 0 Å². The molecular formula is C14H21FN2O. The third kappa shape index (κ3) is 2.80. The van der Waals surface area contributed by atoms with Crippen molar-refractivity contribution in [2.75, 3.05) is 20.2 Å². The van der Waals surface area contributed by atoms with E-state index in [1.54, 1.807) is 13.0 Å². The highest BCUT2D eigenvalue weighted by molar-refractivity contribution is 5.26. The summed E-state index contributed by atoms with van der Waals surface area (Å²) in [6.07, 6.45) is 2.36. The highest BCUT2D eigenvalue weighted by Crippen LogP contribution is 2.45. The van der Waals surface area contributed by atoms with Crippen LogP contribution in [0.4, 0.5) is 4.39 Å². The topological polar surface area (TPSA) is 34.1 Å². The van der Waals surface area contributed by atoms with E-state index >= 15 is 0 Å². The Morgan fingerprint density at radius 3 is 2.78 bits per heavy atom. The van der Waals surface area contributed by atoms with Crippen molar-refractivity contribution >= 4 is 0 Å². The number of nitrogens with one attached hydrogen (secondary N) is 1. The molecule has 1 aromatic rings. The Bertz CT molecular complexity index is 411. The van der Waals surface area contributed by atoms with Crippen LogP contribution >= 0.6 is 0 Å². The van der Waals surface area contributed by atoms with Crippen molar-refractivity contribution in [2.24, 2.45) is 11.3 Å². The molecule has 0 atom stereocenters. The Hall–Kier alpha value is -1.16. The summed E-state index contributed by atoms with van der Waals surface area (Å²) in [5, 5.41) is 3.24. The molecule has 2 rings (SSSR count). The molecule has 1 saturated carbocycles. The average molecular weight is 252 g/mol. The lowest BCUT2D eigenvalue weighted by atomic mass is 9.63. The largest absolute Gasteiger partial charge is 0.491 e. The Kier molecular flexibility index (Phi) is 3.85. The summed E-state index contributed by atoms with van der Waals surface area (Å²) >= 11 is 0. The summed E-state index contributed by atoms with van der Waals surface area (Å²) in [6, 6.07) is 3.00. The summed E-state index contributed by atoms with van der Waals surface area (Å²) < 4.78 is 18.7. The summed E-state index contributed by atoms with van der Waals surface area (Å²) in [5.41, 5.74) is 0.844. The molecule has 0 aliphatic heterocycles. The fourth-order valence-corrected chi connectivity index (χ4v) is 3.01. The fourth-order valence-electron chi connectivity index (χ4n) is 3.01. The van der Waals surface area contributed by atoms with E-state index in [9.17, 15) is 4.39 Å². The van der Waals surface area contributed by atoms with E-state index in [1.807, 2.05) is 7.05 Å². The lowest BCUT2D eigenvalue weighted by Crippen LogP contribution is -2.47. The van der Waals surface area contributed by atoms with Gasteiger partial charge in [0.2, 0.25) is 5.95 Å². The van der Waals surface area contributed by atoms with E-state index in [4.69, 9.17) is 4.74 Å². The second kappa shape index (κ2) is 5.22. The summed E-state index contributed by atoms with van der Waals surface area (Å²) in [6.45, 7) is 5.67. The van der Waals surface area contributed by atoms with Crippen LogP contribution in [0.2, 0.25) is 0 Å². The highest BCUT2D eigenvalue weighted by atomic mass is 19.1. The van der Waals surface area contributed by atoms with E-state index in [0.717, 1.165) is 12.5 Å². The maximum absolute atomic E-state index is 12.9. The zero-order chi connectivity index (χ0) is 13.2. The van der Waals surface area contributed by atoms with Gasteiger partial charge in [0.15, 0.2) is 0 Å². The third-order valence-electron chi connectivity index (χ3n) is 3.65. The lowest BCUT2D eigenvalue weighted by Gasteiger charge is -2.46. The molecule has 4 heteroatoms. The van der Waals surface area contributed by atoms with Crippen molar-refractivity contribution in [1.82, 2.24) is 10.3 Å². The minimum absolute atomic E-state index is 0.231. The lowest BCUT2D eigenvalue weighted by molar-refractivity contribution is 0.0145. The molecule has 100 valence electrons. The van der Waals surface area contributed by atoms with Crippen LogP contribution in [0.15, 0.2) is 12.1 Å². The molecule has 3 nitrogen and oxygen atoms in total. The number of ether oxygens (including phenoxy) is 1. The van der Waals surface area contributed by atoms with Crippen LogP contribution in [-0.2, 0) is 0 Å². The van der Waals surface area contributed by atoms with E-state index in [2.05, 4.69) is 17.2 Å². The van der Waals surface area contributed by atoms with Gasteiger partial charge in [0, 0.05) is 12.0 Å². The van der Waals surface area contributed by atoms with Gasteiger partial charge in [-0.3, -0.25) is 0 Å². The van der Waals surface area contributed by atoms with Crippen LogP contribution in [0.3, 0.4) is 0 Å². The van der Waals surface area contributed by atoms with Crippen molar-refractivity contribution in [3.63, 3.8) is 0 Å². The van der Waals surface area contributed by atoms with Gasteiger partial charge in [-0.05, 0) is 44.9 Å². The first kappa shape index (κ1) is 13.3. The zero-order valence-corrected chi connectivity index (χ0v) is 11.3. The molecule has 18 heavy (non-hydrogen) atoms. The standard InChI is InChI=1S/C14H21FN2O/c1-10-6-14(7-10,8-16-3)9-18-12-4-5-13(15)17-11(12)2/h4-5,10,16H,6-9H2,1-3H3. The van der Waals surface area contributed by atoms with Crippen LogP contribution < -0.4 is 10.1 Å². The van der Waals surface area contributed by atoms with Gasteiger partial charge in [0.05, 0.1) is 12.3 Å². The molecule has 1 fully saturated rings. The molecule has 1 aliphatic rings. The number of aromatic nitrogens is 1. The first-order valence-corrected chi connectivity index (χ1v) is 6.45. The number of hydrogen-bond donors (Lipinski definition) is 1. The maximum Gasteiger partial charge on any atom is 0.213 e. The first-order chi connectivity index (χ1) is 8.54. The molecule has 1 N–H and O–H groups in total. The minimum Gasteiger partial charge on any atom is -0.491 e. The zero-order valence-electron chi connectivity index (χ0n) is 11.3. The maximum atomic E-state index is 12.9. The molecule has 1 aromatic heterocycles. The molecule has 0 amide bonds. The number of rotatable bonds is 5. The second-order valence-electron chi connectivity index (χ2n) is 5.55. The summed E-state index contributed by atoms with van der Waals surface area (Å²) in [4.78, 5) is 3.77. The van der Waals surface area contributed by atoms with Gasteiger partial charge >= 0.3 is 0 Å². The molecule has 0 saturated heterocycles. The number of pyridine rings is 1. The van der Waals surface area contributed by atoms with Gasteiger partial charge in [-0.25, -0.2) is 4.98 Å². The quantitative estimate of drug-likeness (QED) is 0.818. The second-order valence-corrected chi connectivity index (χ2v) is 5.55. The van der Waals surface area contributed by atoms with Gasteiger partial charge in [-0.1, -0.05) is 6.92 Å². The van der Waals surface area contributed by atoms with Crippen LogP contribution in [-0.4, -0.2) is 25.2 Å². The van der Waals surface area contributed by atoms with Crippen LogP contribution in [0, 0.1) is 24.2 Å². The number of aryl methyl sites for hydroxylation is 1. The molecule has 0 bridgehead atoms. The Morgan fingerprint density at radius 1 is 1.50 bits per heavy atom. The van der Waals surface area contributed by atoms with Crippen LogP contribution in [0.1, 0.15) is 25.5 Å². The van der Waals surface area contributed by atoms with Gasteiger partial charge in [0.1, 0.15) is 5.75 Å². The number of halogens is 1. The Balaban J connectivity index is 1.97. The van der Waals surface area contributed by atoms with Crippen molar-refractivity contribution in [2.45, 2.75) is 26.7 Å². The first-order valence-electron chi connectivity index (χ1n) is 6.45. The monoisotopic (exact) mass is 252 g/mol. The van der Waals surface area contributed by atoms with Crippen molar-refractivity contribution in [1.29, 1.82) is 0 Å². The fraction of sp³-hybridized carbons (Fsp3) is 0.643. The normalized spacial score (nSPS) is 26.8. The Labute approximate surface area is 108 Å². The van der Waals surface area contributed by atoms with Crippen molar-refractivity contribution in [3.8, 4) is 5.75 Å². The molecule has 1 aliphatic carbocycles. The van der Waals surface area contributed by atoms with Crippen LogP contribution in [0.25, 0.3) is 0 Å². The summed E-state index contributed by atoms with van der Waals surface area (Å²) in [5.74, 6) is 1.00. The van der Waals surface area contributed by atoms with E-state index in [0.29, 0.717) is 18.1 Å². The molecule has 0 radical (unpaired) electrons. The molecule has 1 heterocycles.